The summed E-state index contributed by atoms with van der Waals surface area (Å²) in [5.41, 5.74) is 8.00. The summed E-state index contributed by atoms with van der Waals surface area (Å²) in [7, 11) is 0. The van der Waals surface area contributed by atoms with Gasteiger partial charge in [0.15, 0.2) is 0 Å². The summed E-state index contributed by atoms with van der Waals surface area (Å²) in [5, 5.41) is 9.69. The highest BCUT2D eigenvalue weighted by atomic mass is 16.3. The molecule has 78 valence electrons. The predicted octanol–water partition coefficient (Wildman–Crippen LogP) is 2.75. The van der Waals surface area contributed by atoms with E-state index >= 15 is 0 Å². The van der Waals surface area contributed by atoms with E-state index in [1.807, 2.05) is 19.1 Å². The van der Waals surface area contributed by atoms with Gasteiger partial charge in [0.25, 0.3) is 0 Å². The second-order valence-electron chi connectivity index (χ2n) is 4.91. The molecular formula is C12H19NO. The van der Waals surface area contributed by atoms with E-state index in [0.29, 0.717) is 0 Å². The summed E-state index contributed by atoms with van der Waals surface area (Å²) in [6.07, 6.45) is 0. The molecule has 1 atom stereocenters. The molecule has 0 spiro atoms. The average Bonchev–Trinajstić information content (AvgIpc) is 2.06. The molecule has 0 aliphatic heterocycles. The summed E-state index contributed by atoms with van der Waals surface area (Å²) in [6, 6.07) is 5.40. The number of benzene rings is 1. The molecule has 0 aromatic heterocycles. The summed E-state index contributed by atoms with van der Waals surface area (Å²) < 4.78 is 0. The zero-order valence-electron chi connectivity index (χ0n) is 9.33. The fourth-order valence-corrected chi connectivity index (χ4v) is 1.39. The quantitative estimate of drug-likeness (QED) is 0.720. The lowest BCUT2D eigenvalue weighted by Gasteiger charge is -2.28. The first-order chi connectivity index (χ1) is 6.32. The lowest BCUT2D eigenvalue weighted by molar-refractivity contribution is 0.317. The maximum absolute atomic E-state index is 9.69. The van der Waals surface area contributed by atoms with E-state index in [2.05, 4.69) is 20.8 Å². The molecule has 0 bridgehead atoms. The van der Waals surface area contributed by atoms with Gasteiger partial charge in [0, 0.05) is 11.6 Å². The van der Waals surface area contributed by atoms with Gasteiger partial charge in [-0.15, -0.1) is 0 Å². The van der Waals surface area contributed by atoms with Crippen molar-refractivity contribution < 1.29 is 5.11 Å². The van der Waals surface area contributed by atoms with Gasteiger partial charge in [0.1, 0.15) is 5.75 Å². The lowest BCUT2D eigenvalue weighted by atomic mass is 9.82. The normalized spacial score (nSPS) is 14.1. The van der Waals surface area contributed by atoms with Gasteiger partial charge in [-0.05, 0) is 18.4 Å². The van der Waals surface area contributed by atoms with E-state index in [1.165, 1.54) is 0 Å². The SMILES string of the molecule is Cc1ccc(O)c([C@H](N)C(C)(C)C)c1. The van der Waals surface area contributed by atoms with Gasteiger partial charge in [0.2, 0.25) is 0 Å². The van der Waals surface area contributed by atoms with Gasteiger partial charge in [-0.3, -0.25) is 0 Å². The van der Waals surface area contributed by atoms with Crippen LogP contribution in [-0.4, -0.2) is 5.11 Å². The van der Waals surface area contributed by atoms with Crippen LogP contribution in [0.3, 0.4) is 0 Å². The molecule has 0 heterocycles. The molecule has 2 heteroatoms. The number of phenolic OH excluding ortho intramolecular Hbond substituents is 1. The average molecular weight is 193 g/mol. The van der Waals surface area contributed by atoms with Crippen molar-refractivity contribution in [2.45, 2.75) is 33.7 Å². The summed E-state index contributed by atoms with van der Waals surface area (Å²) in [4.78, 5) is 0. The highest BCUT2D eigenvalue weighted by molar-refractivity contribution is 5.38. The molecule has 14 heavy (non-hydrogen) atoms. The Balaban J connectivity index is 3.12. The Morgan fingerprint density at radius 3 is 2.36 bits per heavy atom. The fourth-order valence-electron chi connectivity index (χ4n) is 1.39. The number of aromatic hydroxyl groups is 1. The van der Waals surface area contributed by atoms with Crippen LogP contribution in [0.5, 0.6) is 5.75 Å². The molecule has 1 rings (SSSR count). The Morgan fingerprint density at radius 2 is 1.86 bits per heavy atom. The highest BCUT2D eigenvalue weighted by Crippen LogP contribution is 2.35. The van der Waals surface area contributed by atoms with Crippen LogP contribution in [0.15, 0.2) is 18.2 Å². The molecule has 0 aliphatic carbocycles. The van der Waals surface area contributed by atoms with Crippen molar-refractivity contribution in [2.75, 3.05) is 0 Å². The van der Waals surface area contributed by atoms with Crippen LogP contribution in [0.4, 0.5) is 0 Å². The largest absolute Gasteiger partial charge is 0.508 e. The van der Waals surface area contributed by atoms with Crippen molar-refractivity contribution >= 4 is 0 Å². The number of hydrogen-bond acceptors (Lipinski definition) is 2. The fraction of sp³-hybridized carbons (Fsp3) is 0.500. The van der Waals surface area contributed by atoms with Crippen LogP contribution in [0, 0.1) is 12.3 Å². The van der Waals surface area contributed by atoms with Crippen LogP contribution in [0.1, 0.15) is 37.9 Å². The van der Waals surface area contributed by atoms with Crippen molar-refractivity contribution in [3.8, 4) is 5.75 Å². The molecule has 3 N–H and O–H groups in total. The molecule has 0 saturated heterocycles. The van der Waals surface area contributed by atoms with Crippen LogP contribution in [0.25, 0.3) is 0 Å². The van der Waals surface area contributed by atoms with Gasteiger partial charge in [0.05, 0.1) is 0 Å². The second kappa shape index (κ2) is 3.62. The molecule has 2 nitrogen and oxygen atoms in total. The standard InChI is InChI=1S/C12H19NO/c1-8-5-6-10(14)9(7-8)11(13)12(2,3)4/h5-7,11,14H,13H2,1-4H3/t11-/m0/s1. The van der Waals surface area contributed by atoms with Crippen LogP contribution in [0.2, 0.25) is 0 Å². The lowest BCUT2D eigenvalue weighted by Crippen LogP contribution is -2.26. The molecule has 0 amide bonds. The molecule has 0 saturated carbocycles. The summed E-state index contributed by atoms with van der Waals surface area (Å²) in [5.74, 6) is 0.290. The van der Waals surface area contributed by atoms with E-state index < -0.39 is 0 Å². The molecule has 1 aromatic carbocycles. The maximum Gasteiger partial charge on any atom is 0.120 e. The summed E-state index contributed by atoms with van der Waals surface area (Å²) >= 11 is 0. The maximum atomic E-state index is 9.69. The molecule has 1 aromatic rings. The molecule has 0 unspecified atom stereocenters. The first kappa shape index (κ1) is 11.1. The smallest absolute Gasteiger partial charge is 0.120 e. The Labute approximate surface area is 85.8 Å². The minimum atomic E-state index is -0.137. The van der Waals surface area contributed by atoms with Crippen molar-refractivity contribution in [3.05, 3.63) is 29.3 Å². The molecule has 0 fully saturated rings. The van der Waals surface area contributed by atoms with E-state index in [4.69, 9.17) is 5.73 Å². The van der Waals surface area contributed by atoms with E-state index in [-0.39, 0.29) is 17.2 Å². The first-order valence-electron chi connectivity index (χ1n) is 4.87. The molecular weight excluding hydrogens is 174 g/mol. The van der Waals surface area contributed by atoms with E-state index in [9.17, 15) is 5.11 Å². The Morgan fingerprint density at radius 1 is 1.29 bits per heavy atom. The highest BCUT2D eigenvalue weighted by Gasteiger charge is 2.24. The number of rotatable bonds is 1. The molecule has 0 aliphatic rings. The molecule has 0 radical (unpaired) electrons. The minimum Gasteiger partial charge on any atom is -0.508 e. The van der Waals surface area contributed by atoms with Crippen molar-refractivity contribution in [2.24, 2.45) is 11.1 Å². The third-order valence-corrected chi connectivity index (χ3v) is 2.45. The zero-order valence-corrected chi connectivity index (χ0v) is 9.33. The number of hydrogen-bond donors (Lipinski definition) is 2. The van der Waals surface area contributed by atoms with Gasteiger partial charge < -0.3 is 10.8 Å². The summed E-state index contributed by atoms with van der Waals surface area (Å²) in [6.45, 7) is 8.20. The predicted molar refractivity (Wildman–Crippen MR) is 59.2 cm³/mol. The first-order valence-corrected chi connectivity index (χ1v) is 4.87. The van der Waals surface area contributed by atoms with Gasteiger partial charge in [-0.2, -0.15) is 0 Å². The Kier molecular flexibility index (Phi) is 2.86. The third-order valence-electron chi connectivity index (χ3n) is 2.45. The minimum absolute atomic E-state index is 0.0364. The zero-order chi connectivity index (χ0) is 10.9. The van der Waals surface area contributed by atoms with Crippen LogP contribution in [-0.2, 0) is 0 Å². The van der Waals surface area contributed by atoms with Crippen molar-refractivity contribution in [1.82, 2.24) is 0 Å². The Bertz CT molecular complexity index is 326. The third kappa shape index (κ3) is 2.26. The van der Waals surface area contributed by atoms with Crippen LogP contribution < -0.4 is 5.73 Å². The number of nitrogens with two attached hydrogens (primary N) is 1. The van der Waals surface area contributed by atoms with E-state index in [0.717, 1.165) is 11.1 Å². The number of aryl methyl sites for hydroxylation is 1. The monoisotopic (exact) mass is 193 g/mol. The van der Waals surface area contributed by atoms with Crippen LogP contribution >= 0.6 is 0 Å². The topological polar surface area (TPSA) is 46.2 Å². The second-order valence-corrected chi connectivity index (χ2v) is 4.91. The Hall–Kier alpha value is -1.02. The number of phenols is 1. The van der Waals surface area contributed by atoms with Gasteiger partial charge in [-0.1, -0.05) is 38.5 Å². The van der Waals surface area contributed by atoms with Crippen molar-refractivity contribution in [3.63, 3.8) is 0 Å². The van der Waals surface area contributed by atoms with E-state index in [1.54, 1.807) is 6.07 Å². The van der Waals surface area contributed by atoms with Gasteiger partial charge in [-0.25, -0.2) is 0 Å². The van der Waals surface area contributed by atoms with Crippen molar-refractivity contribution in [1.29, 1.82) is 0 Å². The van der Waals surface area contributed by atoms with Gasteiger partial charge >= 0.3 is 0 Å².